The maximum absolute atomic E-state index is 13.5. The lowest BCUT2D eigenvalue weighted by atomic mass is 10.2. The second-order valence-electron chi connectivity index (χ2n) is 3.81. The fourth-order valence-electron chi connectivity index (χ4n) is 1.51. The quantitative estimate of drug-likeness (QED) is 0.927. The number of halogens is 1. The predicted molar refractivity (Wildman–Crippen MR) is 66.0 cm³/mol. The van der Waals surface area contributed by atoms with Gasteiger partial charge in [-0.2, -0.15) is 0 Å². The van der Waals surface area contributed by atoms with E-state index in [-0.39, 0.29) is 11.3 Å². The van der Waals surface area contributed by atoms with Crippen LogP contribution in [-0.4, -0.2) is 27.9 Å². The molecule has 18 heavy (non-hydrogen) atoms. The fraction of sp³-hybridized carbons (Fsp3) is 0.167. The summed E-state index contributed by atoms with van der Waals surface area (Å²) in [7, 11) is 1.58. The lowest BCUT2D eigenvalue weighted by Crippen LogP contribution is -2.27. The first kappa shape index (κ1) is 12.5. The van der Waals surface area contributed by atoms with Gasteiger partial charge in [0.15, 0.2) is 0 Å². The van der Waals surface area contributed by atoms with Crippen LogP contribution in [0.15, 0.2) is 29.1 Å². The molecule has 0 aliphatic heterocycles. The first-order chi connectivity index (χ1) is 8.58. The van der Waals surface area contributed by atoms with Crippen LogP contribution in [0.3, 0.4) is 0 Å². The maximum atomic E-state index is 13.5. The predicted octanol–water partition coefficient (Wildman–Crippen LogP) is 2.26. The van der Waals surface area contributed by atoms with Gasteiger partial charge in [0.2, 0.25) is 0 Å². The van der Waals surface area contributed by atoms with Crippen LogP contribution >= 0.6 is 11.3 Å². The van der Waals surface area contributed by atoms with E-state index >= 15 is 0 Å². The number of phenols is 1. The van der Waals surface area contributed by atoms with Gasteiger partial charge in [0.25, 0.3) is 5.91 Å². The van der Waals surface area contributed by atoms with Gasteiger partial charge in [0.1, 0.15) is 11.6 Å². The molecule has 2 aromatic rings. The molecule has 1 amide bonds. The summed E-state index contributed by atoms with van der Waals surface area (Å²) in [5, 5.41) is 10.9. The zero-order valence-electron chi connectivity index (χ0n) is 9.63. The van der Waals surface area contributed by atoms with Crippen LogP contribution in [0, 0.1) is 5.82 Å². The summed E-state index contributed by atoms with van der Waals surface area (Å²) < 4.78 is 13.5. The first-order valence-electron chi connectivity index (χ1n) is 5.19. The molecule has 0 aliphatic carbocycles. The third-order valence-electron chi connectivity index (χ3n) is 2.41. The smallest absolute Gasteiger partial charge is 0.256 e. The van der Waals surface area contributed by atoms with Gasteiger partial charge in [-0.05, 0) is 12.1 Å². The van der Waals surface area contributed by atoms with E-state index in [1.807, 2.05) is 5.38 Å². The number of hydrogen-bond donors (Lipinski definition) is 1. The Morgan fingerprint density at radius 2 is 2.33 bits per heavy atom. The lowest BCUT2D eigenvalue weighted by Gasteiger charge is -2.16. The largest absolute Gasteiger partial charge is 0.508 e. The SMILES string of the molecule is CN(Cc1cscn1)C(=O)c1ccc(O)cc1F. The van der Waals surface area contributed by atoms with Crippen molar-refractivity contribution >= 4 is 17.2 Å². The molecule has 0 fully saturated rings. The second-order valence-corrected chi connectivity index (χ2v) is 4.52. The Balaban J connectivity index is 2.15. The molecule has 1 heterocycles. The van der Waals surface area contributed by atoms with E-state index in [0.29, 0.717) is 6.54 Å². The molecule has 94 valence electrons. The van der Waals surface area contributed by atoms with Crippen molar-refractivity contribution in [2.75, 3.05) is 7.05 Å². The van der Waals surface area contributed by atoms with E-state index in [0.717, 1.165) is 11.8 Å². The number of carbonyl (C=O) groups is 1. The van der Waals surface area contributed by atoms with Crippen molar-refractivity contribution in [3.63, 3.8) is 0 Å². The highest BCUT2D eigenvalue weighted by Gasteiger charge is 2.17. The van der Waals surface area contributed by atoms with Crippen LogP contribution in [0.2, 0.25) is 0 Å². The molecule has 0 aliphatic rings. The zero-order chi connectivity index (χ0) is 13.1. The van der Waals surface area contributed by atoms with E-state index in [2.05, 4.69) is 4.98 Å². The summed E-state index contributed by atoms with van der Waals surface area (Å²) in [5.41, 5.74) is 2.37. The van der Waals surface area contributed by atoms with Gasteiger partial charge in [-0.15, -0.1) is 11.3 Å². The molecule has 1 N–H and O–H groups in total. The number of thiazole rings is 1. The van der Waals surface area contributed by atoms with Crippen molar-refractivity contribution in [3.05, 3.63) is 46.2 Å². The number of benzene rings is 1. The average Bonchev–Trinajstić information content (AvgIpc) is 2.81. The van der Waals surface area contributed by atoms with Gasteiger partial charge in [-0.1, -0.05) is 0 Å². The van der Waals surface area contributed by atoms with Gasteiger partial charge in [0, 0.05) is 18.5 Å². The van der Waals surface area contributed by atoms with Crippen LogP contribution in [-0.2, 0) is 6.54 Å². The Hall–Kier alpha value is -1.95. The Labute approximate surface area is 107 Å². The highest BCUT2D eigenvalue weighted by molar-refractivity contribution is 7.07. The van der Waals surface area contributed by atoms with Crippen molar-refractivity contribution in [2.45, 2.75) is 6.54 Å². The number of amides is 1. The summed E-state index contributed by atoms with van der Waals surface area (Å²) in [6.07, 6.45) is 0. The van der Waals surface area contributed by atoms with Gasteiger partial charge >= 0.3 is 0 Å². The molecule has 0 unspecified atom stereocenters. The molecule has 2 rings (SSSR count). The van der Waals surface area contributed by atoms with Crippen molar-refractivity contribution in [3.8, 4) is 5.75 Å². The molecular weight excluding hydrogens is 255 g/mol. The van der Waals surface area contributed by atoms with Gasteiger partial charge in [0.05, 0.1) is 23.3 Å². The third-order valence-corrected chi connectivity index (χ3v) is 3.05. The molecule has 1 aromatic carbocycles. The molecule has 0 radical (unpaired) electrons. The number of aromatic hydroxyl groups is 1. The lowest BCUT2D eigenvalue weighted by molar-refractivity contribution is 0.0779. The minimum absolute atomic E-state index is 0.0643. The Morgan fingerprint density at radius 1 is 1.56 bits per heavy atom. The molecule has 0 bridgehead atoms. The molecule has 0 saturated carbocycles. The molecule has 6 heteroatoms. The molecule has 4 nitrogen and oxygen atoms in total. The number of rotatable bonds is 3. The summed E-state index contributed by atoms with van der Waals surface area (Å²) in [4.78, 5) is 17.4. The summed E-state index contributed by atoms with van der Waals surface area (Å²) in [6.45, 7) is 0.322. The summed E-state index contributed by atoms with van der Waals surface area (Å²) in [6, 6.07) is 3.47. The highest BCUT2D eigenvalue weighted by atomic mass is 32.1. The zero-order valence-corrected chi connectivity index (χ0v) is 10.4. The highest BCUT2D eigenvalue weighted by Crippen LogP contribution is 2.17. The van der Waals surface area contributed by atoms with E-state index in [9.17, 15) is 9.18 Å². The van der Waals surface area contributed by atoms with Gasteiger partial charge in [-0.3, -0.25) is 4.79 Å². The van der Waals surface area contributed by atoms with E-state index < -0.39 is 11.7 Å². The Kier molecular flexibility index (Phi) is 3.57. The van der Waals surface area contributed by atoms with Crippen LogP contribution in [0.4, 0.5) is 4.39 Å². The van der Waals surface area contributed by atoms with Crippen LogP contribution in [0.5, 0.6) is 5.75 Å². The van der Waals surface area contributed by atoms with Gasteiger partial charge in [-0.25, -0.2) is 9.37 Å². The normalized spacial score (nSPS) is 10.3. The van der Waals surface area contributed by atoms with E-state index in [4.69, 9.17) is 5.11 Å². The van der Waals surface area contributed by atoms with Crippen LogP contribution < -0.4 is 0 Å². The van der Waals surface area contributed by atoms with Crippen LogP contribution in [0.25, 0.3) is 0 Å². The molecule has 0 spiro atoms. The number of carbonyl (C=O) groups excluding carboxylic acids is 1. The van der Waals surface area contributed by atoms with Crippen molar-refractivity contribution in [1.29, 1.82) is 0 Å². The fourth-order valence-corrected chi connectivity index (χ4v) is 2.06. The first-order valence-corrected chi connectivity index (χ1v) is 6.13. The number of phenolic OH excluding ortho intramolecular Hbond substituents is 1. The number of hydrogen-bond acceptors (Lipinski definition) is 4. The Bertz CT molecular complexity index is 557. The molecule has 0 atom stereocenters. The standard InChI is InChI=1S/C12H11FN2O2S/c1-15(5-8-6-18-7-14-8)12(17)10-3-2-9(16)4-11(10)13/h2-4,6-7,16H,5H2,1H3. The van der Waals surface area contributed by atoms with E-state index in [1.165, 1.54) is 28.4 Å². The second kappa shape index (κ2) is 5.14. The number of aromatic nitrogens is 1. The number of nitrogens with zero attached hydrogens (tertiary/aromatic N) is 2. The Morgan fingerprint density at radius 3 is 2.94 bits per heavy atom. The summed E-state index contributed by atoms with van der Waals surface area (Å²) in [5.74, 6) is -1.38. The van der Waals surface area contributed by atoms with Crippen molar-refractivity contribution in [2.24, 2.45) is 0 Å². The third kappa shape index (κ3) is 2.65. The molecular formula is C12H11FN2O2S. The summed E-state index contributed by atoms with van der Waals surface area (Å²) >= 11 is 1.44. The minimum Gasteiger partial charge on any atom is -0.508 e. The monoisotopic (exact) mass is 266 g/mol. The maximum Gasteiger partial charge on any atom is 0.256 e. The topological polar surface area (TPSA) is 53.4 Å². The van der Waals surface area contributed by atoms with Crippen molar-refractivity contribution < 1.29 is 14.3 Å². The van der Waals surface area contributed by atoms with Crippen molar-refractivity contribution in [1.82, 2.24) is 9.88 Å². The average molecular weight is 266 g/mol. The van der Waals surface area contributed by atoms with E-state index in [1.54, 1.807) is 12.6 Å². The van der Waals surface area contributed by atoms with Gasteiger partial charge < -0.3 is 10.0 Å². The molecule has 1 aromatic heterocycles. The van der Waals surface area contributed by atoms with Crippen LogP contribution in [0.1, 0.15) is 16.1 Å². The minimum atomic E-state index is -0.731. The molecule has 0 saturated heterocycles.